The van der Waals surface area contributed by atoms with Gasteiger partial charge < -0.3 is 25.3 Å². The molecule has 1 rings (SSSR count). The van der Waals surface area contributed by atoms with E-state index in [2.05, 4.69) is 5.32 Å². The van der Waals surface area contributed by atoms with E-state index in [9.17, 15) is 4.79 Å². The summed E-state index contributed by atoms with van der Waals surface area (Å²) in [6, 6.07) is 5.44. The van der Waals surface area contributed by atoms with Gasteiger partial charge in [0.05, 0.1) is 7.11 Å². The van der Waals surface area contributed by atoms with Crippen LogP contribution in [0.15, 0.2) is 18.2 Å². The zero-order valence-electron chi connectivity index (χ0n) is 12.0. The second-order valence-electron chi connectivity index (χ2n) is 4.14. The Kier molecular flexibility index (Phi) is 7.46. The monoisotopic (exact) mass is 282 g/mol. The fraction of sp³-hybridized carbons (Fsp3) is 0.500. The fourth-order valence-electron chi connectivity index (χ4n) is 1.68. The number of carbonyl (C=O) groups excluding carboxylic acids is 1. The number of hydrogen-bond donors (Lipinski definition) is 2. The molecule has 1 aromatic rings. The Hall–Kier alpha value is -1.79. The van der Waals surface area contributed by atoms with Crippen LogP contribution in [0.1, 0.15) is 12.0 Å². The molecule has 0 aliphatic heterocycles. The first-order valence-corrected chi connectivity index (χ1v) is 6.47. The van der Waals surface area contributed by atoms with Crippen molar-refractivity contribution in [2.24, 2.45) is 5.73 Å². The van der Waals surface area contributed by atoms with Crippen LogP contribution in [0.25, 0.3) is 0 Å². The van der Waals surface area contributed by atoms with Crippen molar-refractivity contribution in [2.75, 3.05) is 34.0 Å². The van der Waals surface area contributed by atoms with E-state index in [1.807, 2.05) is 12.1 Å². The number of nitrogens with two attached hydrogens (primary N) is 1. The Morgan fingerprint density at radius 3 is 2.80 bits per heavy atom. The Balaban J connectivity index is 2.50. The molecule has 1 aromatic carbocycles. The maximum absolute atomic E-state index is 11.6. The van der Waals surface area contributed by atoms with Gasteiger partial charge >= 0.3 is 0 Å². The zero-order valence-corrected chi connectivity index (χ0v) is 12.0. The van der Waals surface area contributed by atoms with Crippen molar-refractivity contribution >= 4 is 5.91 Å². The Bertz CT molecular complexity index is 401. The number of ether oxygens (including phenoxy) is 3. The maximum atomic E-state index is 11.6. The van der Waals surface area contributed by atoms with Gasteiger partial charge in [0.15, 0.2) is 18.1 Å². The van der Waals surface area contributed by atoms with E-state index >= 15 is 0 Å². The van der Waals surface area contributed by atoms with E-state index in [0.717, 1.165) is 12.0 Å². The second-order valence-corrected chi connectivity index (χ2v) is 4.14. The molecular weight excluding hydrogens is 260 g/mol. The van der Waals surface area contributed by atoms with Crippen molar-refractivity contribution in [1.29, 1.82) is 0 Å². The van der Waals surface area contributed by atoms with Gasteiger partial charge in [0, 0.05) is 32.4 Å². The summed E-state index contributed by atoms with van der Waals surface area (Å²) in [4.78, 5) is 11.6. The molecule has 0 spiro atoms. The number of rotatable bonds is 9. The van der Waals surface area contributed by atoms with Crippen molar-refractivity contribution in [3.63, 3.8) is 0 Å². The summed E-state index contributed by atoms with van der Waals surface area (Å²) in [5.41, 5.74) is 6.45. The van der Waals surface area contributed by atoms with Crippen LogP contribution in [-0.2, 0) is 16.1 Å². The first-order chi connectivity index (χ1) is 9.72. The van der Waals surface area contributed by atoms with Crippen LogP contribution >= 0.6 is 0 Å². The minimum atomic E-state index is -0.185. The van der Waals surface area contributed by atoms with Crippen molar-refractivity contribution in [2.45, 2.75) is 13.0 Å². The highest BCUT2D eigenvalue weighted by atomic mass is 16.5. The highest BCUT2D eigenvalue weighted by molar-refractivity contribution is 5.77. The summed E-state index contributed by atoms with van der Waals surface area (Å²) in [5.74, 6) is 0.902. The maximum Gasteiger partial charge on any atom is 0.257 e. The van der Waals surface area contributed by atoms with Gasteiger partial charge in [-0.2, -0.15) is 0 Å². The van der Waals surface area contributed by atoms with Gasteiger partial charge in [-0.1, -0.05) is 12.1 Å². The number of amides is 1. The van der Waals surface area contributed by atoms with Crippen LogP contribution in [0.4, 0.5) is 0 Å². The normalized spacial score (nSPS) is 10.2. The van der Waals surface area contributed by atoms with Crippen molar-refractivity contribution < 1.29 is 19.0 Å². The molecule has 112 valence electrons. The van der Waals surface area contributed by atoms with Gasteiger partial charge in [-0.3, -0.25) is 4.79 Å². The largest absolute Gasteiger partial charge is 0.493 e. The van der Waals surface area contributed by atoms with E-state index in [0.29, 0.717) is 31.2 Å². The van der Waals surface area contributed by atoms with E-state index in [-0.39, 0.29) is 12.5 Å². The lowest BCUT2D eigenvalue weighted by Crippen LogP contribution is -2.30. The lowest BCUT2D eigenvalue weighted by Gasteiger charge is -2.14. The summed E-state index contributed by atoms with van der Waals surface area (Å²) in [6.45, 7) is 1.43. The summed E-state index contributed by atoms with van der Waals surface area (Å²) >= 11 is 0. The first kappa shape index (κ1) is 16.3. The predicted molar refractivity (Wildman–Crippen MR) is 75.9 cm³/mol. The Morgan fingerprint density at radius 1 is 1.35 bits per heavy atom. The summed E-state index contributed by atoms with van der Waals surface area (Å²) in [7, 11) is 3.17. The molecule has 20 heavy (non-hydrogen) atoms. The minimum absolute atomic E-state index is 0.0691. The number of methoxy groups -OCH3 is 2. The number of carbonyl (C=O) groups is 1. The molecular formula is C14H22N2O4. The third-order valence-corrected chi connectivity index (χ3v) is 2.70. The number of nitrogens with one attached hydrogen (secondary N) is 1. The van der Waals surface area contributed by atoms with Gasteiger partial charge in [-0.15, -0.1) is 0 Å². The SMILES string of the molecule is COCCCNC(=O)COc1c(CN)cccc1OC. The molecule has 0 aromatic heterocycles. The molecule has 0 saturated heterocycles. The quantitative estimate of drug-likeness (QED) is 0.651. The molecule has 3 N–H and O–H groups in total. The average molecular weight is 282 g/mol. The molecule has 0 atom stereocenters. The highest BCUT2D eigenvalue weighted by Gasteiger charge is 2.11. The van der Waals surface area contributed by atoms with Gasteiger partial charge in [0.2, 0.25) is 0 Å². The van der Waals surface area contributed by atoms with Crippen molar-refractivity contribution in [3.05, 3.63) is 23.8 Å². The van der Waals surface area contributed by atoms with Gasteiger partial charge in [-0.25, -0.2) is 0 Å². The smallest absolute Gasteiger partial charge is 0.257 e. The fourth-order valence-corrected chi connectivity index (χ4v) is 1.68. The third-order valence-electron chi connectivity index (χ3n) is 2.70. The van der Waals surface area contributed by atoms with E-state index in [1.165, 1.54) is 0 Å². The van der Waals surface area contributed by atoms with Crippen molar-refractivity contribution in [3.8, 4) is 11.5 Å². The average Bonchev–Trinajstić information content (AvgIpc) is 2.49. The highest BCUT2D eigenvalue weighted by Crippen LogP contribution is 2.30. The first-order valence-electron chi connectivity index (χ1n) is 6.47. The molecule has 0 saturated carbocycles. The Labute approximate surface area is 119 Å². The molecule has 0 bridgehead atoms. The van der Waals surface area contributed by atoms with Gasteiger partial charge in [-0.05, 0) is 12.5 Å². The predicted octanol–water partition coefficient (Wildman–Crippen LogP) is 0.685. The molecule has 0 aliphatic rings. The van der Waals surface area contributed by atoms with E-state index in [4.69, 9.17) is 19.9 Å². The molecule has 6 heteroatoms. The van der Waals surface area contributed by atoms with Crippen LogP contribution in [0.5, 0.6) is 11.5 Å². The number of hydrogen-bond acceptors (Lipinski definition) is 5. The number of para-hydroxylation sites is 1. The zero-order chi connectivity index (χ0) is 14.8. The molecule has 0 radical (unpaired) electrons. The summed E-state index contributed by atoms with van der Waals surface area (Å²) < 4.78 is 15.6. The number of benzene rings is 1. The van der Waals surface area contributed by atoms with Gasteiger partial charge in [0.1, 0.15) is 0 Å². The minimum Gasteiger partial charge on any atom is -0.493 e. The molecule has 6 nitrogen and oxygen atoms in total. The van der Waals surface area contributed by atoms with Crippen LogP contribution in [0.3, 0.4) is 0 Å². The van der Waals surface area contributed by atoms with Crippen LogP contribution < -0.4 is 20.5 Å². The molecule has 0 aliphatic carbocycles. The molecule has 0 fully saturated rings. The van der Waals surface area contributed by atoms with Crippen LogP contribution in [0, 0.1) is 0 Å². The van der Waals surface area contributed by atoms with Crippen LogP contribution in [0.2, 0.25) is 0 Å². The van der Waals surface area contributed by atoms with Crippen molar-refractivity contribution in [1.82, 2.24) is 5.32 Å². The van der Waals surface area contributed by atoms with Crippen LogP contribution in [-0.4, -0.2) is 39.9 Å². The summed E-state index contributed by atoms with van der Waals surface area (Å²) in [6.07, 6.45) is 0.769. The lowest BCUT2D eigenvalue weighted by atomic mass is 10.2. The summed E-state index contributed by atoms with van der Waals surface area (Å²) in [5, 5.41) is 2.75. The lowest BCUT2D eigenvalue weighted by molar-refractivity contribution is -0.123. The van der Waals surface area contributed by atoms with E-state index < -0.39 is 0 Å². The second kappa shape index (κ2) is 9.17. The molecule has 1 amide bonds. The standard InChI is InChI=1S/C14H22N2O4/c1-18-8-4-7-16-13(17)10-20-14-11(9-15)5-3-6-12(14)19-2/h3,5-6H,4,7-10,15H2,1-2H3,(H,16,17). The molecule has 0 heterocycles. The van der Waals surface area contributed by atoms with Gasteiger partial charge in [0.25, 0.3) is 5.91 Å². The third kappa shape index (κ3) is 5.07. The molecule has 0 unspecified atom stereocenters. The van der Waals surface area contributed by atoms with E-state index in [1.54, 1.807) is 20.3 Å². The topological polar surface area (TPSA) is 82.8 Å². The Morgan fingerprint density at radius 2 is 2.15 bits per heavy atom.